The minimum absolute atomic E-state index is 0.128. The molecule has 0 aliphatic carbocycles. The average molecular weight is 351 g/mol. The minimum atomic E-state index is 0.128. The molecule has 5 heteroatoms. The molecule has 0 radical (unpaired) electrons. The first kappa shape index (κ1) is 16.2. The second-order valence-electron chi connectivity index (χ2n) is 5.28. The van der Waals surface area contributed by atoms with Crippen LogP contribution in [-0.2, 0) is 6.54 Å². The van der Waals surface area contributed by atoms with Crippen LogP contribution in [0.3, 0.4) is 0 Å². The van der Waals surface area contributed by atoms with Gasteiger partial charge in [0.15, 0.2) is 0 Å². The van der Waals surface area contributed by atoms with Crippen LogP contribution >= 0.6 is 15.9 Å². The van der Waals surface area contributed by atoms with Crippen molar-refractivity contribution in [2.24, 2.45) is 0 Å². The first-order valence-electron chi connectivity index (χ1n) is 7.55. The zero-order valence-corrected chi connectivity index (χ0v) is 14.5. The van der Waals surface area contributed by atoms with Gasteiger partial charge >= 0.3 is 0 Å². The van der Waals surface area contributed by atoms with Crippen molar-refractivity contribution in [2.45, 2.75) is 46.2 Å². The van der Waals surface area contributed by atoms with E-state index in [2.05, 4.69) is 70.5 Å². The molecular weight excluding hydrogens is 328 g/mol. The summed E-state index contributed by atoms with van der Waals surface area (Å²) in [5.74, 6) is 0. The van der Waals surface area contributed by atoms with Gasteiger partial charge in [-0.25, -0.2) is 4.68 Å². The number of nitrogens with zero attached hydrogens (tertiary/aromatic N) is 3. The molecule has 1 N–H and O–H groups in total. The highest BCUT2D eigenvalue weighted by molar-refractivity contribution is 9.10. The van der Waals surface area contributed by atoms with Crippen LogP contribution in [0.1, 0.15) is 49.6 Å². The van der Waals surface area contributed by atoms with E-state index in [1.165, 1.54) is 11.1 Å². The van der Waals surface area contributed by atoms with Gasteiger partial charge < -0.3 is 5.32 Å². The number of nitrogens with one attached hydrogen (secondary N) is 1. The molecule has 1 aromatic heterocycles. The van der Waals surface area contributed by atoms with Crippen molar-refractivity contribution in [3.8, 4) is 0 Å². The fourth-order valence-corrected chi connectivity index (χ4v) is 2.74. The van der Waals surface area contributed by atoms with Gasteiger partial charge in [-0.1, -0.05) is 47.1 Å². The molecule has 0 aliphatic rings. The molecule has 0 saturated heterocycles. The van der Waals surface area contributed by atoms with E-state index >= 15 is 0 Å². The molecule has 1 unspecified atom stereocenters. The van der Waals surface area contributed by atoms with Crippen molar-refractivity contribution in [1.29, 1.82) is 0 Å². The lowest BCUT2D eigenvalue weighted by molar-refractivity contribution is 0.504. The van der Waals surface area contributed by atoms with Gasteiger partial charge in [0.25, 0.3) is 0 Å². The smallest absolute Gasteiger partial charge is 0.0802 e. The number of halogens is 1. The Morgan fingerprint density at radius 3 is 2.76 bits per heavy atom. The van der Waals surface area contributed by atoms with Crippen molar-refractivity contribution in [1.82, 2.24) is 20.3 Å². The lowest BCUT2D eigenvalue weighted by Gasteiger charge is -2.20. The molecule has 2 aromatic rings. The van der Waals surface area contributed by atoms with E-state index in [1.54, 1.807) is 0 Å². The van der Waals surface area contributed by atoms with Crippen LogP contribution in [0.25, 0.3) is 0 Å². The van der Waals surface area contributed by atoms with Crippen LogP contribution in [0.4, 0.5) is 0 Å². The molecule has 21 heavy (non-hydrogen) atoms. The Hall–Kier alpha value is -1.20. The van der Waals surface area contributed by atoms with Gasteiger partial charge in [0, 0.05) is 11.0 Å². The van der Waals surface area contributed by atoms with Gasteiger partial charge in [-0.05, 0) is 43.5 Å². The number of hydrogen-bond acceptors (Lipinski definition) is 3. The molecule has 0 bridgehead atoms. The Balaban J connectivity index is 2.37. The summed E-state index contributed by atoms with van der Waals surface area (Å²) in [5.41, 5.74) is 3.61. The van der Waals surface area contributed by atoms with E-state index in [1.807, 2.05) is 10.9 Å². The average Bonchev–Trinajstić information content (AvgIpc) is 2.92. The Labute approximate surface area is 135 Å². The van der Waals surface area contributed by atoms with Crippen LogP contribution < -0.4 is 5.32 Å². The largest absolute Gasteiger partial charge is 0.305 e. The molecular formula is C16H23BrN4. The van der Waals surface area contributed by atoms with Crippen molar-refractivity contribution in [3.63, 3.8) is 0 Å². The van der Waals surface area contributed by atoms with E-state index in [4.69, 9.17) is 0 Å². The van der Waals surface area contributed by atoms with Crippen molar-refractivity contribution in [3.05, 3.63) is 45.7 Å². The van der Waals surface area contributed by atoms with Crippen LogP contribution in [0, 0.1) is 6.92 Å². The number of rotatable bonds is 7. The molecule has 0 aliphatic heterocycles. The number of hydrogen-bond donors (Lipinski definition) is 1. The van der Waals surface area contributed by atoms with Gasteiger partial charge in [-0.2, -0.15) is 0 Å². The summed E-state index contributed by atoms with van der Waals surface area (Å²) >= 11 is 3.63. The first-order chi connectivity index (χ1) is 10.2. The molecule has 0 fully saturated rings. The van der Waals surface area contributed by atoms with E-state index in [-0.39, 0.29) is 6.04 Å². The zero-order chi connectivity index (χ0) is 15.2. The normalized spacial score (nSPS) is 12.6. The summed E-state index contributed by atoms with van der Waals surface area (Å²) in [6.45, 7) is 8.30. The molecule has 114 valence electrons. The van der Waals surface area contributed by atoms with Gasteiger partial charge in [-0.15, -0.1) is 5.10 Å². The molecule has 0 saturated carbocycles. The number of aromatic nitrogens is 3. The van der Waals surface area contributed by atoms with Gasteiger partial charge in [0.2, 0.25) is 0 Å². The van der Waals surface area contributed by atoms with Crippen molar-refractivity contribution in [2.75, 3.05) is 6.54 Å². The summed E-state index contributed by atoms with van der Waals surface area (Å²) in [6.07, 6.45) is 4.02. The monoisotopic (exact) mass is 350 g/mol. The predicted octanol–water partition coefficient (Wildman–Crippen LogP) is 3.85. The van der Waals surface area contributed by atoms with Gasteiger partial charge in [0.1, 0.15) is 0 Å². The fourth-order valence-electron chi connectivity index (χ4n) is 2.35. The second-order valence-corrected chi connectivity index (χ2v) is 6.13. The molecule has 4 nitrogen and oxygen atoms in total. The molecule has 1 atom stereocenters. The maximum absolute atomic E-state index is 4.22. The maximum atomic E-state index is 4.22. The fraction of sp³-hybridized carbons (Fsp3) is 0.500. The van der Waals surface area contributed by atoms with Gasteiger partial charge in [-0.3, -0.25) is 0 Å². The summed E-state index contributed by atoms with van der Waals surface area (Å²) in [4.78, 5) is 0. The Morgan fingerprint density at radius 2 is 2.10 bits per heavy atom. The van der Waals surface area contributed by atoms with E-state index in [9.17, 15) is 0 Å². The Kier molecular flexibility index (Phi) is 5.94. The lowest BCUT2D eigenvalue weighted by Crippen LogP contribution is -2.26. The molecule has 0 amide bonds. The van der Waals surface area contributed by atoms with E-state index in [0.29, 0.717) is 0 Å². The van der Waals surface area contributed by atoms with Crippen LogP contribution in [0.2, 0.25) is 0 Å². The highest BCUT2D eigenvalue weighted by Gasteiger charge is 2.19. The van der Waals surface area contributed by atoms with Crippen molar-refractivity contribution >= 4 is 15.9 Å². The third kappa shape index (κ3) is 3.92. The van der Waals surface area contributed by atoms with E-state index < -0.39 is 0 Å². The maximum Gasteiger partial charge on any atom is 0.0802 e. The first-order valence-corrected chi connectivity index (χ1v) is 8.34. The summed E-state index contributed by atoms with van der Waals surface area (Å²) in [5, 5.41) is 11.9. The SMILES string of the molecule is CCCNC(c1ccc(C)c(Br)c1)c1cnnn1CCC. The summed E-state index contributed by atoms with van der Waals surface area (Å²) < 4.78 is 3.14. The Bertz CT molecular complexity index is 579. The second kappa shape index (κ2) is 7.71. The van der Waals surface area contributed by atoms with Crippen LogP contribution in [0.15, 0.2) is 28.9 Å². The Morgan fingerprint density at radius 1 is 1.29 bits per heavy atom. The van der Waals surface area contributed by atoms with Crippen LogP contribution in [-0.4, -0.2) is 21.5 Å². The summed E-state index contributed by atoms with van der Waals surface area (Å²) in [7, 11) is 0. The van der Waals surface area contributed by atoms with E-state index in [0.717, 1.165) is 36.1 Å². The third-order valence-corrected chi connectivity index (χ3v) is 4.36. The zero-order valence-electron chi connectivity index (χ0n) is 12.9. The van der Waals surface area contributed by atoms with Crippen molar-refractivity contribution < 1.29 is 0 Å². The number of benzene rings is 1. The molecule has 1 heterocycles. The quantitative estimate of drug-likeness (QED) is 0.824. The standard InChI is InChI=1S/C16H23BrN4/c1-4-8-18-16(13-7-6-12(3)14(17)10-13)15-11-19-20-21(15)9-5-2/h6-7,10-11,16,18H,4-5,8-9H2,1-3H3. The minimum Gasteiger partial charge on any atom is -0.305 e. The van der Waals surface area contributed by atoms with Gasteiger partial charge in [0.05, 0.1) is 17.9 Å². The number of aryl methyl sites for hydroxylation is 2. The topological polar surface area (TPSA) is 42.7 Å². The lowest BCUT2D eigenvalue weighted by atomic mass is 10.0. The highest BCUT2D eigenvalue weighted by Crippen LogP contribution is 2.26. The molecule has 2 rings (SSSR count). The molecule has 0 spiro atoms. The van der Waals surface area contributed by atoms with Crippen LogP contribution in [0.5, 0.6) is 0 Å². The molecule has 1 aromatic carbocycles. The third-order valence-electron chi connectivity index (χ3n) is 3.51. The highest BCUT2D eigenvalue weighted by atomic mass is 79.9. The predicted molar refractivity (Wildman–Crippen MR) is 89.3 cm³/mol. The summed E-state index contributed by atoms with van der Waals surface area (Å²) in [6, 6.07) is 6.64.